The summed E-state index contributed by atoms with van der Waals surface area (Å²) in [5.74, 6) is 0. The van der Waals surface area contributed by atoms with E-state index < -0.39 is 0 Å². The van der Waals surface area contributed by atoms with Crippen molar-refractivity contribution in [1.82, 2.24) is 0 Å². The van der Waals surface area contributed by atoms with Crippen molar-refractivity contribution in [3.63, 3.8) is 0 Å². The van der Waals surface area contributed by atoms with Crippen LogP contribution in [0.5, 0.6) is 0 Å². The smallest absolute Gasteiger partial charge is 0.0462 e. The van der Waals surface area contributed by atoms with Gasteiger partial charge in [0, 0.05) is 22.5 Å². The highest BCUT2D eigenvalue weighted by Crippen LogP contribution is 2.56. The lowest BCUT2D eigenvalue weighted by atomic mass is 9.72. The molecule has 0 aromatic heterocycles. The van der Waals surface area contributed by atoms with Crippen molar-refractivity contribution in [2.75, 3.05) is 4.90 Å². The van der Waals surface area contributed by atoms with E-state index >= 15 is 0 Å². The fraction of sp³-hybridized carbons (Fsp3) is 0.0769. The molecule has 314 valence electrons. The molecule has 1 aliphatic rings. The monoisotopic (exact) mass is 843 g/mol. The van der Waals surface area contributed by atoms with Gasteiger partial charge >= 0.3 is 0 Å². The molecule has 1 nitrogen and oxygen atoms in total. The number of nitrogens with zero attached hydrogens (tertiary/aromatic N) is 1. The van der Waals surface area contributed by atoms with Crippen LogP contribution >= 0.6 is 0 Å². The highest BCUT2D eigenvalue weighted by atomic mass is 15.1. The number of anilines is 3. The van der Waals surface area contributed by atoms with Gasteiger partial charge in [-0.25, -0.2) is 0 Å². The summed E-state index contributed by atoms with van der Waals surface area (Å²) in [5, 5.41) is 7.74. The molecular weight excluding hydrogens is 795 g/mol. The quantitative estimate of drug-likeness (QED) is 0.131. The molecule has 0 N–H and O–H groups in total. The van der Waals surface area contributed by atoms with Gasteiger partial charge in [-0.3, -0.25) is 0 Å². The van der Waals surface area contributed by atoms with Crippen molar-refractivity contribution < 1.29 is 0 Å². The highest BCUT2D eigenvalue weighted by molar-refractivity contribution is 6.33. The summed E-state index contributed by atoms with van der Waals surface area (Å²) in [5.41, 5.74) is 18.8. The maximum atomic E-state index is 2.56. The van der Waals surface area contributed by atoms with Gasteiger partial charge in [-0.15, -0.1) is 0 Å². The Morgan fingerprint density at radius 2 is 0.727 bits per heavy atom. The van der Waals surface area contributed by atoms with Crippen LogP contribution in [0.3, 0.4) is 0 Å². The van der Waals surface area contributed by atoms with Crippen molar-refractivity contribution in [3.05, 3.63) is 248 Å². The number of para-hydroxylation sites is 2. The van der Waals surface area contributed by atoms with Gasteiger partial charge in [0.2, 0.25) is 0 Å². The van der Waals surface area contributed by atoms with Crippen LogP contribution in [0.4, 0.5) is 17.1 Å². The molecule has 0 aliphatic heterocycles. The Balaban J connectivity index is 1.03. The minimum absolute atomic E-state index is 0.136. The van der Waals surface area contributed by atoms with E-state index in [9.17, 15) is 0 Å². The third-order valence-electron chi connectivity index (χ3n) is 14.5. The lowest BCUT2D eigenvalue weighted by Gasteiger charge is -2.30. The second kappa shape index (κ2) is 16.2. The molecule has 0 saturated carbocycles. The predicted molar refractivity (Wildman–Crippen MR) is 282 cm³/mol. The van der Waals surface area contributed by atoms with Gasteiger partial charge in [-0.05, 0) is 167 Å². The zero-order valence-electron chi connectivity index (χ0n) is 37.4. The summed E-state index contributed by atoms with van der Waals surface area (Å²) in [6.07, 6.45) is 2.02. The molecule has 0 fully saturated rings. The van der Waals surface area contributed by atoms with Gasteiger partial charge in [-0.1, -0.05) is 196 Å². The van der Waals surface area contributed by atoms with Gasteiger partial charge < -0.3 is 4.90 Å². The van der Waals surface area contributed by atoms with E-state index in [0.29, 0.717) is 0 Å². The molecule has 0 spiro atoms. The summed E-state index contributed by atoms with van der Waals surface area (Å²) < 4.78 is 0. The Labute approximate surface area is 387 Å². The number of benzene rings is 11. The molecule has 11 aromatic carbocycles. The molecule has 11 aromatic rings. The second-order valence-corrected chi connectivity index (χ2v) is 17.8. The van der Waals surface area contributed by atoms with Crippen LogP contribution in [0.1, 0.15) is 37.8 Å². The van der Waals surface area contributed by atoms with Crippen LogP contribution in [0.15, 0.2) is 237 Å². The molecule has 66 heavy (non-hydrogen) atoms. The molecule has 0 radical (unpaired) electrons. The molecule has 0 amide bonds. The van der Waals surface area contributed by atoms with Crippen molar-refractivity contribution in [3.8, 4) is 55.6 Å². The minimum Gasteiger partial charge on any atom is -0.311 e. The lowest BCUT2D eigenvalue weighted by molar-refractivity contribution is 0.491. The Morgan fingerprint density at radius 3 is 1.27 bits per heavy atom. The Kier molecular flexibility index (Phi) is 9.72. The Bertz CT molecular complexity index is 3530. The highest BCUT2D eigenvalue weighted by Gasteiger charge is 2.41. The van der Waals surface area contributed by atoms with E-state index in [4.69, 9.17) is 0 Å². The van der Waals surface area contributed by atoms with Crippen molar-refractivity contribution in [2.45, 2.75) is 32.1 Å². The topological polar surface area (TPSA) is 3.24 Å². The van der Waals surface area contributed by atoms with Gasteiger partial charge in [0.05, 0.1) is 0 Å². The molecule has 1 heteroatoms. The molecule has 0 bridgehead atoms. The minimum atomic E-state index is -0.136. The van der Waals surface area contributed by atoms with Crippen molar-refractivity contribution in [2.24, 2.45) is 0 Å². The zero-order valence-corrected chi connectivity index (χ0v) is 37.4. The average molecular weight is 844 g/mol. The largest absolute Gasteiger partial charge is 0.311 e. The number of hydrogen-bond acceptors (Lipinski definition) is 1. The van der Waals surface area contributed by atoms with E-state index in [1.165, 1.54) is 99.1 Å². The molecule has 12 rings (SSSR count). The molecular formula is C65H49N. The number of rotatable bonds is 9. The third kappa shape index (κ3) is 6.30. The van der Waals surface area contributed by atoms with E-state index in [2.05, 4.69) is 255 Å². The average Bonchev–Trinajstić information content (AvgIpc) is 3.68. The molecule has 0 atom stereocenters. The molecule has 1 aliphatic carbocycles. The van der Waals surface area contributed by atoms with Crippen molar-refractivity contribution >= 4 is 49.4 Å². The Morgan fingerprint density at radius 1 is 0.303 bits per heavy atom. The zero-order chi connectivity index (χ0) is 44.2. The first-order valence-corrected chi connectivity index (χ1v) is 23.5. The SMILES string of the molecule is CCC1(CC)c2cc(-c3ccc(N(c4ccccc4)c4ccccc4)cc3)ccc2-c2ccc(-c3cc(-c4ccccc4)c4c5ccccc5c5ccccc5c4c3-c3ccccc3)cc21. The normalized spacial score (nSPS) is 12.6. The van der Waals surface area contributed by atoms with E-state index in [1.807, 2.05) is 0 Å². The first kappa shape index (κ1) is 39.6. The van der Waals surface area contributed by atoms with Crippen LogP contribution in [-0.2, 0) is 5.41 Å². The van der Waals surface area contributed by atoms with E-state index in [0.717, 1.165) is 29.9 Å². The number of fused-ring (bicyclic) bond motifs is 9. The van der Waals surface area contributed by atoms with Crippen LogP contribution in [0.25, 0.3) is 88.0 Å². The van der Waals surface area contributed by atoms with Crippen molar-refractivity contribution in [1.29, 1.82) is 0 Å². The van der Waals surface area contributed by atoms with E-state index in [-0.39, 0.29) is 5.41 Å². The number of hydrogen-bond donors (Lipinski definition) is 0. The van der Waals surface area contributed by atoms with Crippen LogP contribution in [0, 0.1) is 0 Å². The van der Waals surface area contributed by atoms with Gasteiger partial charge in [0.1, 0.15) is 0 Å². The fourth-order valence-electron chi connectivity index (χ4n) is 11.3. The Hall–Kier alpha value is -8.00. The first-order chi connectivity index (χ1) is 32.6. The second-order valence-electron chi connectivity index (χ2n) is 17.8. The van der Waals surface area contributed by atoms with Gasteiger partial charge in [0.25, 0.3) is 0 Å². The fourth-order valence-corrected chi connectivity index (χ4v) is 11.3. The lowest BCUT2D eigenvalue weighted by Crippen LogP contribution is -2.23. The summed E-state index contributed by atoms with van der Waals surface area (Å²) in [7, 11) is 0. The maximum Gasteiger partial charge on any atom is 0.0462 e. The first-order valence-electron chi connectivity index (χ1n) is 23.5. The van der Waals surface area contributed by atoms with E-state index in [1.54, 1.807) is 0 Å². The third-order valence-corrected chi connectivity index (χ3v) is 14.5. The van der Waals surface area contributed by atoms with Crippen LogP contribution in [-0.4, -0.2) is 0 Å². The molecule has 0 unspecified atom stereocenters. The standard InChI is InChI=1S/C65H49N/c1-3-65(4-2)60-41-47(44-33-37-51(38-34-44)66(49-25-13-7-14-26-49)50-27-15-8-16-28-50)35-39-54(60)55-40-36-48(42-61(55)65)59-43-58(45-21-9-5-10-22-45)63-56-31-19-17-29-52(56)53-30-18-20-32-57(53)64(63)62(59)46-23-11-6-12-24-46/h5-43H,3-4H2,1-2H3. The molecule has 0 saturated heterocycles. The van der Waals surface area contributed by atoms with Gasteiger partial charge in [0.15, 0.2) is 0 Å². The van der Waals surface area contributed by atoms with Crippen LogP contribution in [0.2, 0.25) is 0 Å². The van der Waals surface area contributed by atoms with Crippen LogP contribution < -0.4 is 4.90 Å². The summed E-state index contributed by atoms with van der Waals surface area (Å²) in [6.45, 7) is 4.77. The summed E-state index contributed by atoms with van der Waals surface area (Å²) >= 11 is 0. The summed E-state index contributed by atoms with van der Waals surface area (Å²) in [6, 6.07) is 87.6. The molecule has 0 heterocycles. The predicted octanol–water partition coefficient (Wildman–Crippen LogP) is 18.4. The summed E-state index contributed by atoms with van der Waals surface area (Å²) in [4.78, 5) is 2.33. The van der Waals surface area contributed by atoms with Gasteiger partial charge in [-0.2, -0.15) is 0 Å². The maximum absolute atomic E-state index is 2.56.